The van der Waals surface area contributed by atoms with Gasteiger partial charge in [-0.3, -0.25) is 19.2 Å². The van der Waals surface area contributed by atoms with Crippen molar-refractivity contribution in [3.05, 3.63) is 82.4 Å². The van der Waals surface area contributed by atoms with Crippen molar-refractivity contribution in [2.45, 2.75) is 87.5 Å². The summed E-state index contributed by atoms with van der Waals surface area (Å²) in [5.74, 6) is -2.03. The standard InChI is InChI=1S/C27H37N3O10.C27H39N3O8.CH4/c1-17-27(15-37,16-38)23-20-4-2-19(24(40)29-26(12-34,13-35)14-36)8-18(20)3-5-21(23)30(17)7-6-22(39)28-25(9-31,10-32)11-33;1-17-25(2,3)23-20-6-4-19(24(38)29-27(14-34,15-35)16-36)10-18(20)5-7-21(23)30(17)9-8-22(37)28-26(11-31,12-32)13-33;/h2-5,8,31-38H,6-7,9-16H2,1H3,(H-,28,29,39,40);4-7,10,21,23,31-36H,8-9,11-16H2,1-3H3,(H-,28,29,37,38);1H4/p+2. The predicted molar refractivity (Wildman–Crippen MR) is 290 cm³/mol. The number of rotatable bonds is 26. The fourth-order valence-electron chi connectivity index (χ4n) is 10.3. The van der Waals surface area contributed by atoms with Crippen LogP contribution in [-0.2, 0) is 15.0 Å². The van der Waals surface area contributed by atoms with Gasteiger partial charge in [0.25, 0.3) is 11.8 Å². The van der Waals surface area contributed by atoms with Gasteiger partial charge in [0, 0.05) is 31.0 Å². The summed E-state index contributed by atoms with van der Waals surface area (Å²) in [5, 5.41) is 146. The van der Waals surface area contributed by atoms with Crippen LogP contribution in [0.3, 0.4) is 0 Å². The molecule has 2 heterocycles. The fraction of sp³-hybridized carbons (Fsp3) is 0.564. The molecule has 3 aliphatic rings. The molecule has 79 heavy (non-hydrogen) atoms. The zero-order chi connectivity index (χ0) is 58.0. The van der Waals surface area contributed by atoms with Gasteiger partial charge in [0.1, 0.15) is 27.6 Å². The number of aliphatic hydroxyl groups is 14. The Labute approximate surface area is 458 Å². The lowest BCUT2D eigenvalue weighted by Crippen LogP contribution is -2.57. The smallest absolute Gasteiger partial charge is 0.251 e. The van der Waals surface area contributed by atoms with Gasteiger partial charge >= 0.3 is 0 Å². The van der Waals surface area contributed by atoms with E-state index in [1.165, 1.54) is 6.07 Å². The SMILES string of the molecule is C.CC1=[N+](CCC(=O)NC(CO)(CO)CO)C2C=Cc3cc(C(=O)NC(CO)(CO)CO)ccc3C2C1(C)C.CC1=[N+](CCC(=O)NC(CO)(CO)CO)c2ccc3cc(C(=O)NC(CO)(CO)CO)ccc3c2C1(CO)CO. The van der Waals surface area contributed by atoms with E-state index in [0.29, 0.717) is 39.8 Å². The molecule has 4 amide bonds. The normalized spacial score (nSPS) is 17.3. The van der Waals surface area contributed by atoms with Gasteiger partial charge in [-0.15, -0.1) is 0 Å². The van der Waals surface area contributed by atoms with E-state index in [1.807, 2.05) is 25.1 Å². The Bertz CT molecular complexity index is 2710. The minimum Gasteiger partial charge on any atom is -0.395 e. The second kappa shape index (κ2) is 27.2. The molecule has 2 unspecified atom stereocenters. The van der Waals surface area contributed by atoms with Gasteiger partial charge in [-0.25, -0.2) is 4.58 Å². The van der Waals surface area contributed by atoms with Crippen molar-refractivity contribution in [1.29, 1.82) is 0 Å². The largest absolute Gasteiger partial charge is 0.395 e. The third-order valence-electron chi connectivity index (χ3n) is 16.0. The highest BCUT2D eigenvalue weighted by Crippen LogP contribution is 2.49. The molecule has 0 fully saturated rings. The van der Waals surface area contributed by atoms with Gasteiger partial charge in [0.2, 0.25) is 17.5 Å². The summed E-state index contributed by atoms with van der Waals surface area (Å²) in [6.07, 6.45) is 3.98. The molecule has 0 bridgehead atoms. The second-order valence-corrected chi connectivity index (χ2v) is 21.2. The Kier molecular flexibility index (Phi) is 22.7. The highest BCUT2D eigenvalue weighted by Gasteiger charge is 2.55. The van der Waals surface area contributed by atoms with E-state index in [1.54, 1.807) is 47.9 Å². The van der Waals surface area contributed by atoms with Gasteiger partial charge in [-0.2, -0.15) is 4.58 Å². The zero-order valence-corrected chi connectivity index (χ0v) is 44.4. The summed E-state index contributed by atoms with van der Waals surface area (Å²) in [5.41, 5.74) is -2.27. The fourth-order valence-corrected chi connectivity index (χ4v) is 10.3. The van der Waals surface area contributed by atoms with Crippen LogP contribution in [0.1, 0.15) is 91.3 Å². The summed E-state index contributed by atoms with van der Waals surface area (Å²) >= 11 is 0. The van der Waals surface area contributed by atoms with Crippen molar-refractivity contribution in [3.63, 3.8) is 0 Å². The molecule has 0 aromatic heterocycles. The molecule has 2 atom stereocenters. The number of fused-ring (bicyclic) bond motifs is 6. The number of carbonyl (C=O) groups excluding carboxylic acids is 4. The Morgan fingerprint density at radius 1 is 0.544 bits per heavy atom. The Hall–Kier alpha value is -5.68. The number of carbonyl (C=O) groups is 4. The average Bonchev–Trinajstić information content (AvgIpc) is 3.99. The van der Waals surface area contributed by atoms with Gasteiger partial charge in [-0.05, 0) is 72.2 Å². The summed E-state index contributed by atoms with van der Waals surface area (Å²) in [6, 6.07) is 13.5. The molecule has 0 spiro atoms. The maximum Gasteiger partial charge on any atom is 0.251 e. The van der Waals surface area contributed by atoms with Crippen molar-refractivity contribution < 1.29 is 99.8 Å². The van der Waals surface area contributed by atoms with Crippen LogP contribution in [0, 0.1) is 5.41 Å². The summed E-state index contributed by atoms with van der Waals surface area (Å²) in [7, 11) is 0. The molecule has 24 nitrogen and oxygen atoms in total. The van der Waals surface area contributed by atoms with E-state index in [2.05, 4.69) is 39.7 Å². The van der Waals surface area contributed by atoms with Gasteiger partial charge in [0.05, 0.1) is 122 Å². The van der Waals surface area contributed by atoms with Gasteiger partial charge in [0.15, 0.2) is 30.6 Å². The minimum atomic E-state index is -1.60. The number of nitrogens with one attached hydrogen (secondary N) is 4. The first-order valence-electron chi connectivity index (χ1n) is 25.5. The van der Waals surface area contributed by atoms with Crippen molar-refractivity contribution in [1.82, 2.24) is 21.3 Å². The minimum absolute atomic E-state index is 0. The first kappa shape index (κ1) is 65.8. The monoisotopic (exact) mass is 1110 g/mol. The number of nitrogens with zero attached hydrogens (tertiary/aromatic N) is 2. The summed E-state index contributed by atoms with van der Waals surface area (Å²) in [6.45, 7) is 0.0798. The molecule has 0 radical (unpaired) electrons. The molecule has 2 aliphatic heterocycles. The topological polar surface area (TPSA) is 406 Å². The first-order chi connectivity index (χ1) is 37.0. The quantitative estimate of drug-likeness (QED) is 0.0339. The molecule has 3 aromatic rings. The molecule has 0 saturated carbocycles. The van der Waals surface area contributed by atoms with Crippen LogP contribution in [0.15, 0.2) is 54.6 Å². The van der Waals surface area contributed by atoms with Crippen molar-refractivity contribution >= 4 is 57.6 Å². The van der Waals surface area contributed by atoms with E-state index >= 15 is 0 Å². The predicted octanol–water partition coefficient (Wildman–Crippen LogP) is -4.17. The van der Waals surface area contributed by atoms with E-state index < -0.39 is 144 Å². The van der Waals surface area contributed by atoms with E-state index in [0.717, 1.165) is 16.8 Å². The summed E-state index contributed by atoms with van der Waals surface area (Å²) in [4.78, 5) is 50.9. The maximum atomic E-state index is 12.8. The van der Waals surface area contributed by atoms with Crippen LogP contribution < -0.4 is 21.3 Å². The number of aliphatic hydroxyl groups excluding tert-OH is 14. The number of benzene rings is 3. The van der Waals surface area contributed by atoms with Gasteiger partial charge in [-0.1, -0.05) is 25.6 Å². The second-order valence-electron chi connectivity index (χ2n) is 21.2. The molecule has 1 aliphatic carbocycles. The molecular weight excluding hydrogens is 1030 g/mol. The van der Waals surface area contributed by atoms with Crippen molar-refractivity contribution in [3.8, 4) is 0 Å². The van der Waals surface area contributed by atoms with Crippen LogP contribution >= 0.6 is 0 Å². The van der Waals surface area contributed by atoms with Crippen LogP contribution in [0.2, 0.25) is 0 Å². The van der Waals surface area contributed by atoms with Crippen LogP contribution in [0.4, 0.5) is 5.69 Å². The number of hydrogen-bond acceptors (Lipinski definition) is 18. The van der Waals surface area contributed by atoms with E-state index in [4.69, 9.17) is 0 Å². The Morgan fingerprint density at radius 3 is 1.43 bits per heavy atom. The Morgan fingerprint density at radius 2 is 0.975 bits per heavy atom. The van der Waals surface area contributed by atoms with Crippen molar-refractivity contribution in [2.24, 2.45) is 5.41 Å². The lowest BCUT2D eigenvalue weighted by Gasteiger charge is -2.31. The van der Waals surface area contributed by atoms with Gasteiger partial charge < -0.3 is 92.8 Å². The van der Waals surface area contributed by atoms with Crippen LogP contribution in [-0.4, -0.2) is 249 Å². The molecule has 438 valence electrons. The van der Waals surface area contributed by atoms with E-state index in [9.17, 15) is 90.7 Å². The number of hydrogen-bond donors (Lipinski definition) is 18. The lowest BCUT2D eigenvalue weighted by molar-refractivity contribution is -0.548. The Balaban J connectivity index is 0.000000337. The third kappa shape index (κ3) is 12.9. The van der Waals surface area contributed by atoms with E-state index in [-0.39, 0.29) is 49.8 Å². The third-order valence-corrected chi connectivity index (χ3v) is 16.0. The maximum absolute atomic E-state index is 12.8. The number of amides is 4. The lowest BCUT2D eigenvalue weighted by atomic mass is 9.68. The molecular formula is C55H82N6O18+2. The molecule has 6 rings (SSSR count). The highest BCUT2D eigenvalue weighted by atomic mass is 16.3. The van der Waals surface area contributed by atoms with Crippen LogP contribution in [0.25, 0.3) is 16.8 Å². The molecule has 18 N–H and O–H groups in total. The van der Waals surface area contributed by atoms with Crippen LogP contribution in [0.5, 0.6) is 0 Å². The molecule has 24 heteroatoms. The highest BCUT2D eigenvalue weighted by molar-refractivity contribution is 6.05. The zero-order valence-electron chi connectivity index (χ0n) is 44.4. The summed E-state index contributed by atoms with van der Waals surface area (Å²) < 4.78 is 3.96. The molecule has 0 saturated heterocycles. The molecule has 3 aromatic carbocycles. The van der Waals surface area contributed by atoms with Crippen molar-refractivity contribution in [2.75, 3.05) is 106 Å². The average molecular weight is 1120 g/mol. The first-order valence-corrected chi connectivity index (χ1v) is 25.5.